The number of nitrogens with one attached hydrogen (secondary N) is 3. The Kier molecular flexibility index (Phi) is 4.04. The second-order valence-corrected chi connectivity index (χ2v) is 9.57. The van der Waals surface area contributed by atoms with Gasteiger partial charge in [0.25, 0.3) is 0 Å². The zero-order chi connectivity index (χ0) is 17.8. The van der Waals surface area contributed by atoms with E-state index in [0.717, 1.165) is 12.8 Å². The molecule has 2 unspecified atom stereocenters. The van der Waals surface area contributed by atoms with E-state index in [2.05, 4.69) is 29.8 Å². The van der Waals surface area contributed by atoms with Crippen LogP contribution in [-0.2, 0) is 4.79 Å². The molecule has 1 heterocycles. The Morgan fingerprint density at radius 2 is 1.96 bits per heavy atom. The molecule has 0 aromatic heterocycles. The van der Waals surface area contributed by atoms with Crippen LogP contribution in [-0.4, -0.2) is 31.1 Å². The van der Waals surface area contributed by atoms with Crippen LogP contribution < -0.4 is 16.0 Å². The molecule has 3 aliphatic carbocycles. The summed E-state index contributed by atoms with van der Waals surface area (Å²) >= 11 is 0. The first-order valence-electron chi connectivity index (χ1n) is 10.1. The Bertz CT molecular complexity index is 579. The summed E-state index contributed by atoms with van der Waals surface area (Å²) in [6, 6.07) is 0.284. The second-order valence-electron chi connectivity index (χ2n) is 9.57. The van der Waals surface area contributed by atoms with Crippen LogP contribution in [0.5, 0.6) is 0 Å². The van der Waals surface area contributed by atoms with Crippen molar-refractivity contribution in [2.75, 3.05) is 7.05 Å². The van der Waals surface area contributed by atoms with Crippen LogP contribution in [0.4, 0.5) is 4.79 Å². The lowest BCUT2D eigenvalue weighted by Gasteiger charge is -2.62. The Hall–Kier alpha value is -1.26. The molecule has 4 fully saturated rings. The first-order chi connectivity index (χ1) is 11.9. The molecule has 4 rings (SSSR count). The minimum Gasteiger partial charge on any atom is -0.353 e. The van der Waals surface area contributed by atoms with Gasteiger partial charge in [-0.2, -0.15) is 0 Å². The van der Waals surface area contributed by atoms with Gasteiger partial charge in [-0.25, -0.2) is 4.79 Å². The molecular weight excluding hydrogens is 314 g/mol. The topological polar surface area (TPSA) is 70.2 Å². The van der Waals surface area contributed by atoms with E-state index in [-0.39, 0.29) is 29.4 Å². The summed E-state index contributed by atoms with van der Waals surface area (Å²) in [5.41, 5.74) is 0.633. The molecular formula is C20H33N3O2. The first kappa shape index (κ1) is 17.2. The van der Waals surface area contributed by atoms with Crippen LogP contribution in [0.2, 0.25) is 0 Å². The molecule has 7 atom stereocenters. The van der Waals surface area contributed by atoms with Gasteiger partial charge in [0.2, 0.25) is 5.91 Å². The van der Waals surface area contributed by atoms with Crippen LogP contribution in [0.3, 0.4) is 0 Å². The fourth-order valence-electron chi connectivity index (χ4n) is 7.08. The molecule has 5 heteroatoms. The molecule has 1 aliphatic heterocycles. The standard InChI is InChI=1S/C20H33N3O2/c1-19-8-4-5-12(19)17-13(6-9-19)20(2)10-7-16(24)23-15(20)11-14(17)22-18(25)21-3/h12-15,17H,4-11H2,1-3H3,(H,23,24)(H2,21,22,25)/t12-,13+,14?,15?,17-,19-,20+/m0/s1. The third-order valence-corrected chi connectivity index (χ3v) is 8.48. The second kappa shape index (κ2) is 5.88. The Balaban J connectivity index is 1.69. The maximum atomic E-state index is 12.1. The number of carbonyl (C=O) groups excluding carboxylic acids is 2. The Morgan fingerprint density at radius 1 is 1.16 bits per heavy atom. The average molecular weight is 348 g/mol. The van der Waals surface area contributed by atoms with Gasteiger partial charge in [-0.15, -0.1) is 0 Å². The highest BCUT2D eigenvalue weighted by Crippen LogP contribution is 2.63. The molecule has 0 radical (unpaired) electrons. The summed E-state index contributed by atoms with van der Waals surface area (Å²) in [6.07, 6.45) is 9.05. The van der Waals surface area contributed by atoms with Gasteiger partial charge in [0.05, 0.1) is 0 Å². The predicted molar refractivity (Wildman–Crippen MR) is 96.9 cm³/mol. The fourth-order valence-corrected chi connectivity index (χ4v) is 7.08. The van der Waals surface area contributed by atoms with Crippen LogP contribution in [0.15, 0.2) is 0 Å². The van der Waals surface area contributed by atoms with Gasteiger partial charge in [-0.3, -0.25) is 4.79 Å². The van der Waals surface area contributed by atoms with Crippen LogP contribution in [0.25, 0.3) is 0 Å². The molecule has 0 spiro atoms. The van der Waals surface area contributed by atoms with Crippen LogP contribution in [0.1, 0.15) is 65.2 Å². The zero-order valence-electron chi connectivity index (χ0n) is 15.9. The summed E-state index contributed by atoms with van der Waals surface area (Å²) < 4.78 is 0. The first-order valence-corrected chi connectivity index (χ1v) is 10.1. The number of hydrogen-bond donors (Lipinski definition) is 3. The molecule has 4 aliphatic rings. The van der Waals surface area contributed by atoms with Crippen molar-refractivity contribution >= 4 is 11.9 Å². The maximum Gasteiger partial charge on any atom is 0.314 e. The van der Waals surface area contributed by atoms with Crippen molar-refractivity contribution in [3.8, 4) is 0 Å². The van der Waals surface area contributed by atoms with E-state index in [9.17, 15) is 9.59 Å². The van der Waals surface area contributed by atoms with E-state index in [4.69, 9.17) is 0 Å². The van der Waals surface area contributed by atoms with E-state index < -0.39 is 0 Å². The summed E-state index contributed by atoms with van der Waals surface area (Å²) in [5, 5.41) is 9.26. The van der Waals surface area contributed by atoms with E-state index in [1.807, 2.05) is 0 Å². The van der Waals surface area contributed by atoms with Crippen LogP contribution >= 0.6 is 0 Å². The highest BCUT2D eigenvalue weighted by atomic mass is 16.2. The number of hydrogen-bond acceptors (Lipinski definition) is 2. The minimum absolute atomic E-state index is 0.0836. The number of rotatable bonds is 1. The lowest BCUT2D eigenvalue weighted by Crippen LogP contribution is -2.67. The number of urea groups is 1. The quantitative estimate of drug-likeness (QED) is 0.683. The monoisotopic (exact) mass is 347 g/mol. The molecule has 140 valence electrons. The van der Waals surface area contributed by atoms with Crippen molar-refractivity contribution in [2.45, 2.75) is 77.3 Å². The normalized spacial score (nSPS) is 48.6. The minimum atomic E-state index is -0.0836. The molecule has 25 heavy (non-hydrogen) atoms. The molecule has 5 nitrogen and oxygen atoms in total. The Labute approximate surface area is 151 Å². The molecule has 0 aromatic rings. The number of fused-ring (bicyclic) bond motifs is 5. The van der Waals surface area contributed by atoms with Crippen LogP contribution in [0, 0.1) is 28.6 Å². The summed E-state index contributed by atoms with van der Waals surface area (Å²) in [6.45, 7) is 4.89. The summed E-state index contributed by atoms with van der Waals surface area (Å²) in [7, 11) is 1.68. The number of piperidine rings is 1. The molecule has 0 aromatic carbocycles. The molecule has 3 N–H and O–H groups in total. The highest BCUT2D eigenvalue weighted by Gasteiger charge is 2.61. The fraction of sp³-hybridized carbons (Fsp3) is 0.900. The number of amides is 3. The van der Waals surface area contributed by atoms with Gasteiger partial charge >= 0.3 is 6.03 Å². The average Bonchev–Trinajstić information content (AvgIpc) is 2.97. The lowest BCUT2D eigenvalue weighted by molar-refractivity contribution is -0.138. The molecule has 1 saturated heterocycles. The van der Waals surface area contributed by atoms with Crippen molar-refractivity contribution in [1.29, 1.82) is 0 Å². The SMILES string of the molecule is CNC(=O)NC1CC2NC(=O)CC[C@]2(C)[C@@H]2CC[C@]3(C)CCC[C@H]3[C@H]12. The van der Waals surface area contributed by atoms with Gasteiger partial charge in [0.1, 0.15) is 0 Å². The Morgan fingerprint density at radius 3 is 2.72 bits per heavy atom. The third-order valence-electron chi connectivity index (χ3n) is 8.48. The smallest absolute Gasteiger partial charge is 0.314 e. The maximum absolute atomic E-state index is 12.1. The van der Waals surface area contributed by atoms with E-state index >= 15 is 0 Å². The van der Waals surface area contributed by atoms with E-state index in [1.165, 1.54) is 32.1 Å². The van der Waals surface area contributed by atoms with Crippen molar-refractivity contribution in [3.63, 3.8) is 0 Å². The third kappa shape index (κ3) is 2.57. The highest BCUT2D eigenvalue weighted by molar-refractivity contribution is 5.77. The van der Waals surface area contributed by atoms with Gasteiger partial charge in [-0.1, -0.05) is 20.3 Å². The zero-order valence-corrected chi connectivity index (χ0v) is 15.9. The summed E-state index contributed by atoms with van der Waals surface area (Å²) in [4.78, 5) is 24.1. The van der Waals surface area contributed by atoms with Crippen molar-refractivity contribution in [2.24, 2.45) is 28.6 Å². The molecule has 3 saturated carbocycles. The number of carbonyl (C=O) groups is 2. The predicted octanol–water partition coefficient (Wildman–Crippen LogP) is 2.81. The van der Waals surface area contributed by atoms with Crippen molar-refractivity contribution in [3.05, 3.63) is 0 Å². The largest absolute Gasteiger partial charge is 0.353 e. The van der Waals surface area contributed by atoms with Gasteiger partial charge < -0.3 is 16.0 Å². The lowest BCUT2D eigenvalue weighted by atomic mass is 9.46. The van der Waals surface area contributed by atoms with E-state index in [1.54, 1.807) is 7.05 Å². The van der Waals surface area contributed by atoms with Gasteiger partial charge in [0.15, 0.2) is 0 Å². The van der Waals surface area contributed by atoms with Gasteiger partial charge in [0, 0.05) is 25.6 Å². The molecule has 3 amide bonds. The van der Waals surface area contributed by atoms with Crippen molar-refractivity contribution in [1.82, 2.24) is 16.0 Å². The van der Waals surface area contributed by atoms with Crippen molar-refractivity contribution < 1.29 is 9.59 Å². The van der Waals surface area contributed by atoms with Gasteiger partial charge in [-0.05, 0) is 67.1 Å². The van der Waals surface area contributed by atoms with E-state index in [0.29, 0.717) is 29.6 Å². The molecule has 0 bridgehead atoms. The summed E-state index contributed by atoms with van der Waals surface area (Å²) in [5.74, 6) is 2.05.